The zero-order valence-electron chi connectivity index (χ0n) is 21.5. The molecule has 0 heterocycles. The molecule has 0 fully saturated rings. The van der Waals surface area contributed by atoms with Crippen LogP contribution in [0.2, 0.25) is 0 Å². The van der Waals surface area contributed by atoms with Gasteiger partial charge in [0.05, 0.1) is 23.7 Å². The van der Waals surface area contributed by atoms with E-state index in [-0.39, 0.29) is 10.5 Å². The van der Waals surface area contributed by atoms with Crippen LogP contribution in [-0.2, 0) is 24.3 Å². The Bertz CT molecular complexity index is 1340. The summed E-state index contributed by atoms with van der Waals surface area (Å²) in [5, 5.41) is 0. The highest BCUT2D eigenvalue weighted by atomic mass is 32.2. The number of carbonyl (C=O) groups excluding carboxylic acids is 2. The van der Waals surface area contributed by atoms with Crippen LogP contribution in [0.15, 0.2) is 77.7 Å². The van der Waals surface area contributed by atoms with Gasteiger partial charge in [0.15, 0.2) is 0 Å². The summed E-state index contributed by atoms with van der Waals surface area (Å²) in [7, 11) is -2.94. The molecule has 0 aliphatic rings. The van der Waals surface area contributed by atoms with E-state index < -0.39 is 40.7 Å². The second-order valence-corrected chi connectivity index (χ2v) is 10.6. The van der Waals surface area contributed by atoms with Crippen LogP contribution in [0.1, 0.15) is 48.3 Å². The summed E-state index contributed by atoms with van der Waals surface area (Å²) in [6.45, 7) is 6.25. The minimum Gasteiger partial charge on any atom is -0.465 e. The van der Waals surface area contributed by atoms with Gasteiger partial charge in [0.25, 0.3) is 0 Å². The van der Waals surface area contributed by atoms with E-state index in [4.69, 9.17) is 14.2 Å². The number of para-hydroxylation sites is 1. The zero-order valence-corrected chi connectivity index (χ0v) is 22.3. The molecule has 1 unspecified atom stereocenters. The number of hydrogen-bond donors (Lipinski definition) is 0. The molecular weight excluding hydrogens is 494 g/mol. The Hall–Kier alpha value is -3.69. The third-order valence-corrected chi connectivity index (χ3v) is 7.50. The van der Waals surface area contributed by atoms with Crippen molar-refractivity contribution in [1.29, 1.82) is 0 Å². The topological polar surface area (TPSA) is 99.2 Å². The van der Waals surface area contributed by atoms with E-state index in [1.807, 2.05) is 25.1 Å². The summed E-state index contributed by atoms with van der Waals surface area (Å²) in [6, 6.07) is 19.1. The quantitative estimate of drug-likeness (QED) is 0.332. The Morgan fingerprint density at radius 2 is 1.54 bits per heavy atom. The minimum absolute atomic E-state index is 0.0126. The van der Waals surface area contributed by atoms with Gasteiger partial charge in [0.1, 0.15) is 18.0 Å². The number of rotatable bonds is 10. The molecular formula is C28H31NO7S. The number of ether oxygens (including phenoxy) is 3. The molecule has 3 aromatic rings. The van der Waals surface area contributed by atoms with Crippen molar-refractivity contribution in [2.45, 2.75) is 44.7 Å². The molecule has 8 nitrogen and oxygen atoms in total. The van der Waals surface area contributed by atoms with Crippen LogP contribution in [0.4, 0.5) is 0 Å². The SMILES string of the molecule is COC(=O)c1ccc(Oc2ccccc2)cc1C(C)N(CC(=O)OC(C)C)S(=O)(=O)c1ccc(C)cc1. The van der Waals surface area contributed by atoms with Gasteiger partial charge in [0, 0.05) is 6.04 Å². The van der Waals surface area contributed by atoms with Crippen molar-refractivity contribution in [3.05, 3.63) is 89.5 Å². The molecule has 9 heteroatoms. The molecule has 37 heavy (non-hydrogen) atoms. The van der Waals surface area contributed by atoms with Crippen LogP contribution in [0, 0.1) is 6.92 Å². The zero-order chi connectivity index (χ0) is 27.2. The van der Waals surface area contributed by atoms with E-state index in [2.05, 4.69) is 0 Å². The average Bonchev–Trinajstić information content (AvgIpc) is 2.86. The first-order valence-electron chi connectivity index (χ1n) is 11.8. The first-order chi connectivity index (χ1) is 17.5. The van der Waals surface area contributed by atoms with Crippen LogP contribution >= 0.6 is 0 Å². The van der Waals surface area contributed by atoms with Crippen LogP contribution in [-0.4, -0.2) is 44.4 Å². The average molecular weight is 526 g/mol. The summed E-state index contributed by atoms with van der Waals surface area (Å²) in [5.74, 6) is -0.408. The highest BCUT2D eigenvalue weighted by molar-refractivity contribution is 7.89. The highest BCUT2D eigenvalue weighted by Gasteiger charge is 2.34. The number of carbonyl (C=O) groups is 2. The number of methoxy groups -OCH3 is 1. The number of sulfonamides is 1. The van der Waals surface area contributed by atoms with E-state index in [0.717, 1.165) is 9.87 Å². The molecule has 3 rings (SSSR count). The summed E-state index contributed by atoms with van der Waals surface area (Å²) in [4.78, 5) is 25.3. The van der Waals surface area contributed by atoms with Crippen molar-refractivity contribution in [2.24, 2.45) is 0 Å². The molecule has 0 aromatic heterocycles. The van der Waals surface area contributed by atoms with Gasteiger partial charge in [0.2, 0.25) is 10.0 Å². The van der Waals surface area contributed by atoms with E-state index in [1.54, 1.807) is 57.2 Å². The molecule has 0 bridgehead atoms. The smallest absolute Gasteiger partial charge is 0.338 e. The molecule has 0 saturated carbocycles. The number of hydrogen-bond acceptors (Lipinski definition) is 7. The molecule has 0 N–H and O–H groups in total. The van der Waals surface area contributed by atoms with Crippen LogP contribution in [0.5, 0.6) is 11.5 Å². The highest BCUT2D eigenvalue weighted by Crippen LogP contribution is 2.33. The van der Waals surface area contributed by atoms with Crippen molar-refractivity contribution < 1.29 is 32.2 Å². The van der Waals surface area contributed by atoms with Gasteiger partial charge in [-0.1, -0.05) is 35.9 Å². The second kappa shape index (κ2) is 12.0. The van der Waals surface area contributed by atoms with Gasteiger partial charge >= 0.3 is 11.9 Å². The number of esters is 2. The number of benzene rings is 3. The van der Waals surface area contributed by atoms with E-state index in [9.17, 15) is 18.0 Å². The first-order valence-corrected chi connectivity index (χ1v) is 13.2. The van der Waals surface area contributed by atoms with Crippen molar-refractivity contribution >= 4 is 22.0 Å². The monoisotopic (exact) mass is 525 g/mol. The standard InChI is InChI=1S/C28H31NO7S/c1-19(2)35-27(30)18-29(37(32,33)24-14-11-20(3)12-15-24)21(4)26-17-23(13-16-25(26)28(31)34-5)36-22-9-7-6-8-10-22/h6-17,19,21H,18H2,1-5H3. The van der Waals surface area contributed by atoms with E-state index in [1.165, 1.54) is 25.3 Å². The molecule has 3 aromatic carbocycles. The summed E-state index contributed by atoms with van der Waals surface area (Å²) in [5.41, 5.74) is 1.35. The Kier molecular flexibility index (Phi) is 9.07. The lowest BCUT2D eigenvalue weighted by atomic mass is 10.0. The predicted molar refractivity (Wildman–Crippen MR) is 139 cm³/mol. The fourth-order valence-corrected chi connectivity index (χ4v) is 5.28. The molecule has 0 aliphatic heterocycles. The van der Waals surface area contributed by atoms with Crippen LogP contribution in [0.3, 0.4) is 0 Å². The summed E-state index contributed by atoms with van der Waals surface area (Å²) in [6.07, 6.45) is -0.431. The van der Waals surface area contributed by atoms with E-state index >= 15 is 0 Å². The number of aryl methyl sites for hydroxylation is 1. The molecule has 1 atom stereocenters. The maximum absolute atomic E-state index is 13.8. The lowest BCUT2D eigenvalue weighted by Gasteiger charge is -2.29. The van der Waals surface area contributed by atoms with Gasteiger partial charge in [-0.25, -0.2) is 13.2 Å². The van der Waals surface area contributed by atoms with Crippen molar-refractivity contribution in [3.63, 3.8) is 0 Å². The Morgan fingerprint density at radius 3 is 2.14 bits per heavy atom. The predicted octanol–water partition coefficient (Wildman–Crippen LogP) is 5.28. The molecule has 0 aliphatic carbocycles. The van der Waals surface area contributed by atoms with Crippen LogP contribution in [0.25, 0.3) is 0 Å². The fourth-order valence-electron chi connectivity index (χ4n) is 3.73. The Balaban J connectivity index is 2.11. The van der Waals surface area contributed by atoms with Gasteiger partial charge < -0.3 is 14.2 Å². The Labute approximate surface area is 217 Å². The summed E-state index contributed by atoms with van der Waals surface area (Å²) >= 11 is 0. The largest absolute Gasteiger partial charge is 0.465 e. The summed E-state index contributed by atoms with van der Waals surface area (Å²) < 4.78 is 44.7. The first kappa shape index (κ1) is 27.9. The number of nitrogens with zero attached hydrogens (tertiary/aromatic N) is 1. The lowest BCUT2D eigenvalue weighted by Crippen LogP contribution is -2.39. The van der Waals surface area contributed by atoms with Gasteiger partial charge in [-0.15, -0.1) is 0 Å². The third kappa shape index (κ3) is 6.96. The van der Waals surface area contributed by atoms with Crippen molar-refractivity contribution in [1.82, 2.24) is 4.31 Å². The van der Waals surface area contributed by atoms with Crippen molar-refractivity contribution in [3.8, 4) is 11.5 Å². The third-order valence-electron chi connectivity index (χ3n) is 5.57. The molecule has 0 saturated heterocycles. The minimum atomic E-state index is -4.18. The normalized spacial score (nSPS) is 12.3. The van der Waals surface area contributed by atoms with Gasteiger partial charge in [-0.2, -0.15) is 4.31 Å². The maximum atomic E-state index is 13.8. The molecule has 0 spiro atoms. The molecule has 196 valence electrons. The second-order valence-electron chi connectivity index (χ2n) is 8.73. The lowest BCUT2D eigenvalue weighted by molar-refractivity contribution is -0.147. The maximum Gasteiger partial charge on any atom is 0.338 e. The van der Waals surface area contributed by atoms with Gasteiger partial charge in [-0.3, -0.25) is 4.79 Å². The molecule has 0 radical (unpaired) electrons. The van der Waals surface area contributed by atoms with Crippen molar-refractivity contribution in [2.75, 3.05) is 13.7 Å². The van der Waals surface area contributed by atoms with E-state index in [0.29, 0.717) is 17.1 Å². The molecule has 0 amide bonds. The fraction of sp³-hybridized carbons (Fsp3) is 0.286. The van der Waals surface area contributed by atoms with Gasteiger partial charge in [-0.05, 0) is 75.7 Å². The Morgan fingerprint density at radius 1 is 0.892 bits per heavy atom. The van der Waals surface area contributed by atoms with Crippen LogP contribution < -0.4 is 4.74 Å².